The number of hydrogen-bond donors (Lipinski definition) is 0. The van der Waals surface area contributed by atoms with Gasteiger partial charge in [-0.05, 0) is 6.42 Å². The minimum Gasteiger partial charge on any atom is -0.550 e. The lowest BCUT2D eigenvalue weighted by atomic mass is 9.77. The average Bonchev–Trinajstić information content (AvgIpc) is 2.88. The lowest BCUT2D eigenvalue weighted by Gasteiger charge is -2.24. The SMILES string of the molecule is CCCN1CC23C=CC(O2)C(C(=O)[O-])C3C1=O. The van der Waals surface area contributed by atoms with Crippen molar-refractivity contribution < 1.29 is 19.4 Å². The Balaban J connectivity index is 1.96. The molecule has 17 heavy (non-hydrogen) atoms. The van der Waals surface area contributed by atoms with E-state index >= 15 is 0 Å². The molecule has 2 bridgehead atoms. The number of nitrogens with zero attached hydrogens (tertiary/aromatic N) is 1. The second kappa shape index (κ2) is 3.32. The van der Waals surface area contributed by atoms with E-state index in [0.29, 0.717) is 13.1 Å². The number of likely N-dealkylation sites (tertiary alicyclic amines) is 1. The van der Waals surface area contributed by atoms with Crippen LogP contribution in [-0.2, 0) is 14.3 Å². The first-order valence-electron chi connectivity index (χ1n) is 5.96. The normalized spacial score (nSPS) is 42.3. The number of carbonyl (C=O) groups excluding carboxylic acids is 2. The molecule has 3 heterocycles. The van der Waals surface area contributed by atoms with Crippen LogP contribution in [0.4, 0.5) is 0 Å². The van der Waals surface area contributed by atoms with Gasteiger partial charge in [0, 0.05) is 18.4 Å². The summed E-state index contributed by atoms with van der Waals surface area (Å²) in [5, 5.41) is 11.1. The van der Waals surface area contributed by atoms with E-state index in [9.17, 15) is 14.7 Å². The summed E-state index contributed by atoms with van der Waals surface area (Å²) in [6.07, 6.45) is 3.98. The Hall–Kier alpha value is -1.36. The van der Waals surface area contributed by atoms with Crippen LogP contribution in [0, 0.1) is 11.8 Å². The molecule has 0 saturated carbocycles. The van der Waals surface area contributed by atoms with Gasteiger partial charge in [-0.3, -0.25) is 4.79 Å². The molecule has 0 radical (unpaired) electrons. The molecule has 92 valence electrons. The third kappa shape index (κ3) is 1.23. The lowest BCUT2D eigenvalue weighted by Crippen LogP contribution is -2.45. The number of aliphatic carboxylic acids is 1. The number of carboxylic acid groups (broad SMARTS) is 1. The van der Waals surface area contributed by atoms with Gasteiger partial charge in [0.05, 0.1) is 18.6 Å². The molecule has 0 N–H and O–H groups in total. The first kappa shape index (κ1) is 10.8. The maximum absolute atomic E-state index is 12.2. The van der Waals surface area contributed by atoms with Crippen LogP contribution in [0.25, 0.3) is 0 Å². The third-order valence-electron chi connectivity index (χ3n) is 3.94. The minimum atomic E-state index is -1.18. The highest BCUT2D eigenvalue weighted by Gasteiger charge is 2.65. The Morgan fingerprint density at radius 3 is 3.12 bits per heavy atom. The van der Waals surface area contributed by atoms with Gasteiger partial charge >= 0.3 is 0 Å². The van der Waals surface area contributed by atoms with Gasteiger partial charge < -0.3 is 19.5 Å². The predicted molar refractivity (Wildman–Crippen MR) is 55.6 cm³/mol. The van der Waals surface area contributed by atoms with Gasteiger partial charge in [0.1, 0.15) is 5.60 Å². The van der Waals surface area contributed by atoms with Crippen LogP contribution in [0.3, 0.4) is 0 Å². The highest BCUT2D eigenvalue weighted by molar-refractivity contribution is 5.90. The fraction of sp³-hybridized carbons (Fsp3) is 0.667. The second-order valence-electron chi connectivity index (χ2n) is 4.98. The van der Waals surface area contributed by atoms with Crippen LogP contribution in [0.1, 0.15) is 13.3 Å². The molecule has 1 spiro atoms. The molecule has 1 amide bonds. The Morgan fingerprint density at radius 2 is 2.47 bits per heavy atom. The van der Waals surface area contributed by atoms with E-state index in [1.165, 1.54) is 0 Å². The Bertz CT molecular complexity index is 419. The second-order valence-corrected chi connectivity index (χ2v) is 4.98. The summed E-state index contributed by atoms with van der Waals surface area (Å²) in [5.41, 5.74) is -0.707. The summed E-state index contributed by atoms with van der Waals surface area (Å²) in [5.74, 6) is -2.70. The standard InChI is InChI=1S/C12H15NO4/c1-2-5-13-6-12-4-3-7(17-12)8(11(15)16)9(12)10(13)14/h3-4,7-9H,2,5-6H2,1H3,(H,15,16)/p-1. The largest absolute Gasteiger partial charge is 0.550 e. The molecule has 2 fully saturated rings. The van der Waals surface area contributed by atoms with Crippen LogP contribution >= 0.6 is 0 Å². The van der Waals surface area contributed by atoms with Crippen LogP contribution in [0.5, 0.6) is 0 Å². The molecule has 0 aromatic carbocycles. The molecule has 5 nitrogen and oxygen atoms in total. The van der Waals surface area contributed by atoms with Gasteiger partial charge in [0.15, 0.2) is 0 Å². The van der Waals surface area contributed by atoms with Crippen molar-refractivity contribution in [1.29, 1.82) is 0 Å². The number of carbonyl (C=O) groups is 2. The minimum absolute atomic E-state index is 0.104. The molecular weight excluding hydrogens is 222 g/mol. The van der Waals surface area contributed by atoms with Crippen molar-refractivity contribution in [3.63, 3.8) is 0 Å². The molecule has 4 atom stereocenters. The summed E-state index contributed by atoms with van der Waals surface area (Å²) in [6.45, 7) is 3.11. The number of rotatable bonds is 3. The molecule has 3 rings (SSSR count). The Kier molecular flexibility index (Phi) is 2.10. The van der Waals surface area contributed by atoms with E-state index in [1.807, 2.05) is 13.0 Å². The summed E-state index contributed by atoms with van der Waals surface area (Å²) in [7, 11) is 0. The van der Waals surface area contributed by atoms with E-state index in [1.54, 1.807) is 11.0 Å². The molecule has 2 saturated heterocycles. The number of amides is 1. The molecular formula is C12H14NO4-. The van der Waals surface area contributed by atoms with Crippen molar-refractivity contribution in [1.82, 2.24) is 4.90 Å². The molecule has 5 heteroatoms. The first-order valence-corrected chi connectivity index (χ1v) is 5.96. The molecule has 0 aliphatic carbocycles. The van der Waals surface area contributed by atoms with Gasteiger partial charge in [0.25, 0.3) is 0 Å². The van der Waals surface area contributed by atoms with Crippen molar-refractivity contribution in [2.75, 3.05) is 13.1 Å². The van der Waals surface area contributed by atoms with E-state index in [2.05, 4.69) is 0 Å². The topological polar surface area (TPSA) is 69.7 Å². The van der Waals surface area contributed by atoms with Crippen LogP contribution < -0.4 is 5.11 Å². The lowest BCUT2D eigenvalue weighted by molar-refractivity contribution is -0.313. The number of fused-ring (bicyclic) bond motifs is 1. The van der Waals surface area contributed by atoms with E-state index in [4.69, 9.17) is 4.74 Å². The number of hydrogen-bond acceptors (Lipinski definition) is 4. The van der Waals surface area contributed by atoms with Crippen molar-refractivity contribution in [3.8, 4) is 0 Å². The average molecular weight is 236 g/mol. The van der Waals surface area contributed by atoms with Crippen LogP contribution in [0.2, 0.25) is 0 Å². The van der Waals surface area contributed by atoms with Gasteiger partial charge in [-0.15, -0.1) is 0 Å². The smallest absolute Gasteiger partial charge is 0.229 e. The summed E-state index contributed by atoms with van der Waals surface area (Å²) in [6, 6.07) is 0. The highest BCUT2D eigenvalue weighted by Crippen LogP contribution is 2.51. The maximum atomic E-state index is 12.2. The summed E-state index contributed by atoms with van der Waals surface area (Å²) >= 11 is 0. The van der Waals surface area contributed by atoms with Crippen molar-refractivity contribution >= 4 is 11.9 Å². The molecule has 0 aromatic rings. The van der Waals surface area contributed by atoms with Gasteiger partial charge in [0.2, 0.25) is 5.91 Å². The first-order chi connectivity index (χ1) is 8.09. The zero-order valence-electron chi connectivity index (χ0n) is 9.59. The zero-order valence-corrected chi connectivity index (χ0v) is 9.59. The van der Waals surface area contributed by atoms with Crippen molar-refractivity contribution in [2.45, 2.75) is 25.0 Å². The van der Waals surface area contributed by atoms with E-state index < -0.39 is 29.5 Å². The van der Waals surface area contributed by atoms with E-state index in [0.717, 1.165) is 6.42 Å². The highest BCUT2D eigenvalue weighted by atomic mass is 16.5. The predicted octanol–water partition coefficient (Wildman–Crippen LogP) is -1.07. The van der Waals surface area contributed by atoms with Crippen LogP contribution in [0.15, 0.2) is 12.2 Å². The third-order valence-corrected chi connectivity index (χ3v) is 3.94. The van der Waals surface area contributed by atoms with Crippen molar-refractivity contribution in [2.24, 2.45) is 11.8 Å². The molecule has 4 unspecified atom stereocenters. The van der Waals surface area contributed by atoms with Gasteiger partial charge in [-0.1, -0.05) is 19.1 Å². The zero-order chi connectivity index (χ0) is 12.2. The quantitative estimate of drug-likeness (QED) is 0.585. The van der Waals surface area contributed by atoms with Gasteiger partial charge in [-0.2, -0.15) is 0 Å². The molecule has 3 aliphatic heterocycles. The van der Waals surface area contributed by atoms with Gasteiger partial charge in [-0.25, -0.2) is 0 Å². The fourth-order valence-corrected chi connectivity index (χ4v) is 3.31. The van der Waals surface area contributed by atoms with Crippen LogP contribution in [-0.4, -0.2) is 41.6 Å². The fourth-order valence-electron chi connectivity index (χ4n) is 3.31. The molecule has 0 aromatic heterocycles. The number of ether oxygens (including phenoxy) is 1. The van der Waals surface area contributed by atoms with E-state index in [-0.39, 0.29) is 5.91 Å². The summed E-state index contributed by atoms with van der Waals surface area (Å²) < 4.78 is 5.71. The van der Waals surface area contributed by atoms with Crippen molar-refractivity contribution in [3.05, 3.63) is 12.2 Å². The Morgan fingerprint density at radius 1 is 1.71 bits per heavy atom. The molecule has 3 aliphatic rings. The monoisotopic (exact) mass is 236 g/mol. The Labute approximate surface area is 99.0 Å². The maximum Gasteiger partial charge on any atom is 0.229 e. The number of carboxylic acids is 1. The summed E-state index contributed by atoms with van der Waals surface area (Å²) in [4.78, 5) is 25.0.